The fraction of sp³-hybridized carbons (Fsp3) is 0.364. The van der Waals surface area contributed by atoms with Gasteiger partial charge in [0.05, 0.1) is 11.3 Å². The highest BCUT2D eigenvalue weighted by atomic mass is 15.2. The SMILES string of the molecule is C=C/C=C(\C(=C)C#N)N1CCNCC1. The Labute approximate surface area is 85.0 Å². The molecule has 0 radical (unpaired) electrons. The lowest BCUT2D eigenvalue weighted by molar-refractivity contribution is 0.305. The van der Waals surface area contributed by atoms with E-state index >= 15 is 0 Å². The van der Waals surface area contributed by atoms with Gasteiger partial charge in [0.2, 0.25) is 0 Å². The summed E-state index contributed by atoms with van der Waals surface area (Å²) < 4.78 is 0. The van der Waals surface area contributed by atoms with Gasteiger partial charge in [-0.3, -0.25) is 0 Å². The lowest BCUT2D eigenvalue weighted by atomic mass is 10.2. The maximum absolute atomic E-state index is 8.80. The average molecular weight is 189 g/mol. The molecule has 0 aliphatic carbocycles. The van der Waals surface area contributed by atoms with Crippen LogP contribution < -0.4 is 5.32 Å². The lowest BCUT2D eigenvalue weighted by Gasteiger charge is -2.31. The van der Waals surface area contributed by atoms with Gasteiger partial charge >= 0.3 is 0 Å². The molecule has 1 saturated heterocycles. The first-order chi connectivity index (χ1) is 6.79. The van der Waals surface area contributed by atoms with Gasteiger partial charge in [-0.1, -0.05) is 19.2 Å². The number of rotatable bonds is 3. The van der Waals surface area contributed by atoms with E-state index in [1.165, 1.54) is 0 Å². The Morgan fingerprint density at radius 2 is 2.07 bits per heavy atom. The lowest BCUT2D eigenvalue weighted by Crippen LogP contribution is -2.43. The molecule has 1 aliphatic heterocycles. The topological polar surface area (TPSA) is 39.1 Å². The van der Waals surface area contributed by atoms with Gasteiger partial charge in [-0.05, 0) is 6.08 Å². The van der Waals surface area contributed by atoms with Crippen molar-refractivity contribution in [2.24, 2.45) is 0 Å². The summed E-state index contributed by atoms with van der Waals surface area (Å²) >= 11 is 0. The van der Waals surface area contributed by atoms with Gasteiger partial charge < -0.3 is 10.2 Å². The van der Waals surface area contributed by atoms with E-state index in [4.69, 9.17) is 5.26 Å². The minimum absolute atomic E-state index is 0.506. The summed E-state index contributed by atoms with van der Waals surface area (Å²) in [5.41, 5.74) is 1.40. The molecular formula is C11H15N3. The molecule has 1 aliphatic rings. The van der Waals surface area contributed by atoms with Crippen LogP contribution in [0.2, 0.25) is 0 Å². The normalized spacial score (nSPS) is 17.4. The molecule has 1 heterocycles. The van der Waals surface area contributed by atoms with Crippen LogP contribution in [0.5, 0.6) is 0 Å². The van der Waals surface area contributed by atoms with Gasteiger partial charge in [-0.15, -0.1) is 0 Å². The van der Waals surface area contributed by atoms with Crippen LogP contribution in [0, 0.1) is 11.3 Å². The van der Waals surface area contributed by atoms with Crippen LogP contribution in [-0.4, -0.2) is 31.1 Å². The highest BCUT2D eigenvalue weighted by molar-refractivity contribution is 5.40. The molecule has 0 spiro atoms. The van der Waals surface area contributed by atoms with Crippen molar-refractivity contribution < 1.29 is 0 Å². The van der Waals surface area contributed by atoms with Crippen molar-refractivity contribution >= 4 is 0 Å². The van der Waals surface area contributed by atoms with E-state index < -0.39 is 0 Å². The first-order valence-electron chi connectivity index (χ1n) is 4.67. The van der Waals surface area contributed by atoms with E-state index in [0.717, 1.165) is 31.9 Å². The summed E-state index contributed by atoms with van der Waals surface area (Å²) in [4.78, 5) is 2.16. The molecule has 74 valence electrons. The van der Waals surface area contributed by atoms with Crippen LogP contribution in [0.15, 0.2) is 36.6 Å². The third kappa shape index (κ3) is 2.48. The zero-order chi connectivity index (χ0) is 10.4. The molecular weight excluding hydrogens is 174 g/mol. The van der Waals surface area contributed by atoms with Crippen LogP contribution in [0.25, 0.3) is 0 Å². The maximum atomic E-state index is 8.80. The zero-order valence-electron chi connectivity index (χ0n) is 8.29. The summed E-state index contributed by atoms with van der Waals surface area (Å²) in [5, 5.41) is 12.1. The van der Waals surface area contributed by atoms with Crippen molar-refractivity contribution in [2.45, 2.75) is 0 Å². The number of nitrogens with zero attached hydrogens (tertiary/aromatic N) is 2. The molecule has 0 atom stereocenters. The van der Waals surface area contributed by atoms with Crippen molar-refractivity contribution in [3.63, 3.8) is 0 Å². The van der Waals surface area contributed by atoms with Gasteiger partial charge in [0.25, 0.3) is 0 Å². The van der Waals surface area contributed by atoms with Gasteiger partial charge in [-0.2, -0.15) is 5.26 Å². The molecule has 0 bridgehead atoms. The van der Waals surface area contributed by atoms with E-state index in [9.17, 15) is 0 Å². The van der Waals surface area contributed by atoms with E-state index in [1.807, 2.05) is 6.08 Å². The Hall–Kier alpha value is -1.53. The summed E-state index contributed by atoms with van der Waals surface area (Å²) in [6.45, 7) is 11.1. The van der Waals surface area contributed by atoms with E-state index in [-0.39, 0.29) is 0 Å². The minimum Gasteiger partial charge on any atom is -0.368 e. The van der Waals surface area contributed by atoms with Crippen LogP contribution in [0.3, 0.4) is 0 Å². The molecule has 0 aromatic carbocycles. The highest BCUT2D eigenvalue weighted by Crippen LogP contribution is 2.13. The number of nitriles is 1. The van der Waals surface area contributed by atoms with Gasteiger partial charge in [0.1, 0.15) is 6.07 Å². The van der Waals surface area contributed by atoms with E-state index in [0.29, 0.717) is 5.57 Å². The number of piperazine rings is 1. The zero-order valence-corrected chi connectivity index (χ0v) is 8.29. The molecule has 1 rings (SSSR count). The number of nitrogens with one attached hydrogen (secondary N) is 1. The fourth-order valence-corrected chi connectivity index (χ4v) is 1.47. The summed E-state index contributed by atoms with van der Waals surface area (Å²) in [6.07, 6.45) is 3.54. The third-order valence-corrected chi connectivity index (χ3v) is 2.18. The second kappa shape index (κ2) is 5.25. The Morgan fingerprint density at radius 1 is 1.43 bits per heavy atom. The summed E-state index contributed by atoms with van der Waals surface area (Å²) in [6, 6.07) is 2.07. The molecule has 0 amide bonds. The molecule has 1 N–H and O–H groups in total. The van der Waals surface area contributed by atoms with Crippen molar-refractivity contribution in [1.29, 1.82) is 5.26 Å². The van der Waals surface area contributed by atoms with Crippen molar-refractivity contribution in [3.05, 3.63) is 36.6 Å². The van der Waals surface area contributed by atoms with E-state index in [2.05, 4.69) is 29.4 Å². The highest BCUT2D eigenvalue weighted by Gasteiger charge is 2.14. The average Bonchev–Trinajstić information content (AvgIpc) is 2.26. The predicted octanol–water partition coefficient (Wildman–Crippen LogP) is 1.04. The van der Waals surface area contributed by atoms with E-state index in [1.54, 1.807) is 6.08 Å². The van der Waals surface area contributed by atoms with Gasteiger partial charge in [-0.25, -0.2) is 0 Å². The Bertz CT molecular complexity index is 290. The molecule has 1 fully saturated rings. The number of allylic oxidation sites excluding steroid dienone is 3. The maximum Gasteiger partial charge on any atom is 0.101 e. The first kappa shape index (κ1) is 10.6. The summed E-state index contributed by atoms with van der Waals surface area (Å²) in [7, 11) is 0. The Kier molecular flexibility index (Phi) is 3.96. The number of hydrogen-bond donors (Lipinski definition) is 1. The van der Waals surface area contributed by atoms with Crippen LogP contribution >= 0.6 is 0 Å². The molecule has 3 heteroatoms. The Morgan fingerprint density at radius 3 is 2.57 bits per heavy atom. The number of hydrogen-bond acceptors (Lipinski definition) is 3. The van der Waals surface area contributed by atoms with Gasteiger partial charge in [0, 0.05) is 26.2 Å². The molecule has 0 unspecified atom stereocenters. The van der Waals surface area contributed by atoms with Crippen molar-refractivity contribution in [1.82, 2.24) is 10.2 Å². The fourth-order valence-electron chi connectivity index (χ4n) is 1.47. The first-order valence-corrected chi connectivity index (χ1v) is 4.67. The molecule has 0 saturated carbocycles. The minimum atomic E-state index is 0.506. The third-order valence-electron chi connectivity index (χ3n) is 2.18. The Balaban J connectivity index is 2.77. The smallest absolute Gasteiger partial charge is 0.101 e. The standard InChI is InChI=1S/C11H15N3/c1-3-4-11(10(2)9-12)14-7-5-13-6-8-14/h3-4,13H,1-2,5-8H2/b11-4+. The van der Waals surface area contributed by atoms with Crippen LogP contribution in [0.1, 0.15) is 0 Å². The monoisotopic (exact) mass is 189 g/mol. The molecule has 0 aromatic heterocycles. The molecule has 3 nitrogen and oxygen atoms in total. The predicted molar refractivity (Wildman–Crippen MR) is 57.5 cm³/mol. The second-order valence-corrected chi connectivity index (χ2v) is 3.12. The second-order valence-electron chi connectivity index (χ2n) is 3.12. The quantitative estimate of drug-likeness (QED) is 0.532. The van der Waals surface area contributed by atoms with Gasteiger partial charge in [0.15, 0.2) is 0 Å². The summed E-state index contributed by atoms with van der Waals surface area (Å²) in [5.74, 6) is 0. The van der Waals surface area contributed by atoms with Crippen LogP contribution in [-0.2, 0) is 0 Å². The largest absolute Gasteiger partial charge is 0.368 e. The van der Waals surface area contributed by atoms with Crippen LogP contribution in [0.4, 0.5) is 0 Å². The molecule has 0 aromatic rings. The van der Waals surface area contributed by atoms with Crippen molar-refractivity contribution in [2.75, 3.05) is 26.2 Å². The molecule has 14 heavy (non-hydrogen) atoms. The van der Waals surface area contributed by atoms with Crippen molar-refractivity contribution in [3.8, 4) is 6.07 Å².